The van der Waals surface area contributed by atoms with Crippen molar-refractivity contribution in [3.63, 3.8) is 0 Å². The number of carboxylic acid groups (broad SMARTS) is 1. The summed E-state index contributed by atoms with van der Waals surface area (Å²) in [6.45, 7) is 1.34. The highest BCUT2D eigenvalue weighted by Crippen LogP contribution is 2.21. The van der Waals surface area contributed by atoms with Crippen molar-refractivity contribution in [2.45, 2.75) is 13.0 Å². The fourth-order valence-electron chi connectivity index (χ4n) is 1.41. The van der Waals surface area contributed by atoms with Crippen molar-refractivity contribution in [3.05, 3.63) is 39.7 Å². The Balaban J connectivity index is 2.43. The molecule has 0 radical (unpaired) electrons. The number of hydrogen-bond donors (Lipinski definition) is 0. The Kier molecular flexibility index (Phi) is 3.25. The van der Waals surface area contributed by atoms with Gasteiger partial charge in [0.25, 0.3) is 0 Å². The molecule has 6 heteroatoms. The molecule has 1 aromatic heterocycles. The molecule has 0 unspecified atom stereocenters. The number of fused-ring (bicyclic) bond motifs is 1. The van der Waals surface area contributed by atoms with E-state index in [1.54, 1.807) is 0 Å². The molecule has 0 spiro atoms. The van der Waals surface area contributed by atoms with E-state index >= 15 is 0 Å². The largest absolute Gasteiger partial charge is 0.546 e. The van der Waals surface area contributed by atoms with Crippen LogP contribution in [0.3, 0.4) is 0 Å². The summed E-state index contributed by atoms with van der Waals surface area (Å²) in [5, 5.41) is 10.8. The molecular weight excluding hydrogens is 260 g/mol. The number of carboxylic acids is 1. The van der Waals surface area contributed by atoms with Gasteiger partial charge in [-0.15, -0.1) is 0 Å². The van der Waals surface area contributed by atoms with Crippen LogP contribution in [-0.4, -0.2) is 12.1 Å². The Bertz CT molecular complexity index is 661. The molecule has 0 amide bonds. The number of carbonyl (C=O) groups excluding carboxylic acids is 1. The molecule has 0 aliphatic carbocycles. The zero-order chi connectivity index (χ0) is 13.3. The maximum atomic E-state index is 11.6. The minimum atomic E-state index is -1.33. The second-order valence-corrected chi connectivity index (χ2v) is 4.06. The summed E-state index contributed by atoms with van der Waals surface area (Å²) in [4.78, 5) is 22.2. The van der Waals surface area contributed by atoms with Crippen molar-refractivity contribution < 1.29 is 19.1 Å². The number of rotatable bonds is 3. The van der Waals surface area contributed by atoms with E-state index < -0.39 is 12.1 Å². The number of hydrogen-bond acceptors (Lipinski definition) is 5. The number of ether oxygens (including phenoxy) is 1. The van der Waals surface area contributed by atoms with Gasteiger partial charge < -0.3 is 19.1 Å². The molecule has 1 aromatic carbocycles. The van der Waals surface area contributed by atoms with Crippen LogP contribution < -0.4 is 15.3 Å². The summed E-state index contributed by atoms with van der Waals surface area (Å²) in [5.74, 6) is -1.06. The lowest BCUT2D eigenvalue weighted by Gasteiger charge is -2.15. The zero-order valence-corrected chi connectivity index (χ0v) is 10.1. The molecule has 0 saturated heterocycles. The Morgan fingerprint density at radius 3 is 2.89 bits per heavy atom. The van der Waals surface area contributed by atoms with Crippen LogP contribution >= 0.6 is 11.6 Å². The van der Waals surface area contributed by atoms with E-state index in [0.29, 0.717) is 5.39 Å². The van der Waals surface area contributed by atoms with Crippen molar-refractivity contribution in [3.8, 4) is 5.75 Å². The lowest BCUT2D eigenvalue weighted by molar-refractivity contribution is -0.312. The van der Waals surface area contributed by atoms with Crippen molar-refractivity contribution in [1.82, 2.24) is 0 Å². The second-order valence-electron chi connectivity index (χ2n) is 3.65. The van der Waals surface area contributed by atoms with Gasteiger partial charge in [0.2, 0.25) is 5.43 Å². The second kappa shape index (κ2) is 4.70. The first-order valence-electron chi connectivity index (χ1n) is 5.07. The number of aliphatic carboxylic acids is 1. The first-order chi connectivity index (χ1) is 8.49. The SMILES string of the molecule is C[C@H](Oc1ccc2c(=O)c(Cl)coc2c1)C(=O)[O-]. The molecule has 0 bridgehead atoms. The topological polar surface area (TPSA) is 79.6 Å². The van der Waals surface area contributed by atoms with E-state index in [4.69, 9.17) is 20.8 Å². The van der Waals surface area contributed by atoms with E-state index in [1.807, 2.05) is 0 Å². The number of benzene rings is 1. The molecule has 0 N–H and O–H groups in total. The van der Waals surface area contributed by atoms with Crippen LogP contribution in [0.15, 0.2) is 33.7 Å². The molecule has 0 aliphatic heterocycles. The van der Waals surface area contributed by atoms with Gasteiger partial charge in [-0.2, -0.15) is 0 Å². The van der Waals surface area contributed by atoms with Crippen molar-refractivity contribution >= 4 is 28.5 Å². The first kappa shape index (κ1) is 12.4. The van der Waals surface area contributed by atoms with Gasteiger partial charge in [0.05, 0.1) is 11.4 Å². The summed E-state index contributed by atoms with van der Waals surface area (Å²) in [6.07, 6.45) is 0.0273. The predicted octanol–water partition coefficient (Wildman–Crippen LogP) is 0.964. The third-order valence-corrected chi connectivity index (χ3v) is 2.61. The summed E-state index contributed by atoms with van der Waals surface area (Å²) in [5.41, 5.74) is -0.0788. The summed E-state index contributed by atoms with van der Waals surface area (Å²) in [6, 6.07) is 4.35. The van der Waals surface area contributed by atoms with Gasteiger partial charge in [0, 0.05) is 6.07 Å². The Morgan fingerprint density at radius 1 is 1.50 bits per heavy atom. The van der Waals surface area contributed by atoms with E-state index in [-0.39, 0.29) is 21.8 Å². The van der Waals surface area contributed by atoms with Crippen molar-refractivity contribution in [2.75, 3.05) is 0 Å². The molecule has 5 nitrogen and oxygen atoms in total. The van der Waals surface area contributed by atoms with Gasteiger partial charge in [-0.1, -0.05) is 11.6 Å². The Labute approximate surface area is 107 Å². The molecule has 2 rings (SSSR count). The standard InChI is InChI=1S/C12H9ClO5/c1-6(12(15)16)18-7-2-3-8-10(4-7)17-5-9(13)11(8)14/h2-6H,1H3,(H,15,16)/p-1/t6-/m0/s1. The van der Waals surface area contributed by atoms with Crippen LogP contribution in [0.5, 0.6) is 5.75 Å². The normalized spacial score (nSPS) is 12.3. The number of halogens is 1. The maximum absolute atomic E-state index is 11.6. The van der Waals surface area contributed by atoms with Crippen molar-refractivity contribution in [2.24, 2.45) is 0 Å². The monoisotopic (exact) mass is 267 g/mol. The van der Waals surface area contributed by atoms with Crippen molar-refractivity contribution in [1.29, 1.82) is 0 Å². The predicted molar refractivity (Wildman–Crippen MR) is 62.6 cm³/mol. The van der Waals surface area contributed by atoms with Crippen LogP contribution in [0.2, 0.25) is 5.02 Å². The van der Waals surface area contributed by atoms with Crippen LogP contribution in [0.1, 0.15) is 6.92 Å². The average Bonchev–Trinajstić information content (AvgIpc) is 2.34. The molecule has 1 atom stereocenters. The van der Waals surface area contributed by atoms with E-state index in [9.17, 15) is 14.7 Å². The highest BCUT2D eigenvalue weighted by Gasteiger charge is 2.09. The summed E-state index contributed by atoms with van der Waals surface area (Å²) in [7, 11) is 0. The van der Waals surface area contributed by atoms with Crippen LogP contribution in [-0.2, 0) is 4.79 Å². The third-order valence-electron chi connectivity index (χ3n) is 2.35. The Hall–Kier alpha value is -2.01. The Morgan fingerprint density at radius 2 is 2.22 bits per heavy atom. The molecule has 0 saturated carbocycles. The van der Waals surface area contributed by atoms with Gasteiger partial charge in [-0.05, 0) is 19.1 Å². The fourth-order valence-corrected chi connectivity index (χ4v) is 1.56. The third kappa shape index (κ3) is 2.31. The van der Waals surface area contributed by atoms with Crippen LogP contribution in [0.25, 0.3) is 11.0 Å². The lowest BCUT2D eigenvalue weighted by atomic mass is 10.2. The molecule has 94 valence electrons. The smallest absolute Gasteiger partial charge is 0.211 e. The number of carbonyl (C=O) groups is 1. The highest BCUT2D eigenvalue weighted by atomic mass is 35.5. The van der Waals surface area contributed by atoms with Gasteiger partial charge in [-0.25, -0.2) is 0 Å². The minimum absolute atomic E-state index is 0.0146. The molecule has 2 aromatic rings. The van der Waals surface area contributed by atoms with Crippen LogP contribution in [0, 0.1) is 0 Å². The zero-order valence-electron chi connectivity index (χ0n) is 9.31. The quantitative estimate of drug-likeness (QED) is 0.828. The summed E-state index contributed by atoms with van der Waals surface area (Å²) < 4.78 is 10.2. The van der Waals surface area contributed by atoms with Gasteiger partial charge >= 0.3 is 0 Å². The van der Waals surface area contributed by atoms with Gasteiger partial charge in [0.15, 0.2) is 0 Å². The molecule has 0 aliphatic rings. The first-order valence-corrected chi connectivity index (χ1v) is 5.45. The molecular formula is C12H8ClO5-. The molecule has 18 heavy (non-hydrogen) atoms. The molecule has 0 fully saturated rings. The van der Waals surface area contributed by atoms with E-state index in [1.165, 1.54) is 25.1 Å². The molecule has 1 heterocycles. The van der Waals surface area contributed by atoms with Crippen LogP contribution in [0.4, 0.5) is 0 Å². The highest BCUT2D eigenvalue weighted by molar-refractivity contribution is 6.30. The van der Waals surface area contributed by atoms with E-state index in [0.717, 1.165) is 6.26 Å². The van der Waals surface area contributed by atoms with Gasteiger partial charge in [-0.3, -0.25) is 4.79 Å². The lowest BCUT2D eigenvalue weighted by Crippen LogP contribution is -2.37. The average molecular weight is 268 g/mol. The summed E-state index contributed by atoms with van der Waals surface area (Å²) >= 11 is 5.63. The van der Waals surface area contributed by atoms with E-state index in [2.05, 4.69) is 0 Å². The minimum Gasteiger partial charge on any atom is -0.546 e. The fraction of sp³-hybridized carbons (Fsp3) is 0.167. The van der Waals surface area contributed by atoms with Gasteiger partial charge in [0.1, 0.15) is 28.7 Å². The maximum Gasteiger partial charge on any atom is 0.211 e.